The van der Waals surface area contributed by atoms with Gasteiger partial charge in [-0.3, -0.25) is 0 Å². The van der Waals surface area contributed by atoms with Gasteiger partial charge < -0.3 is 20.1 Å². The van der Waals surface area contributed by atoms with Crippen LogP contribution in [0.3, 0.4) is 0 Å². The maximum absolute atomic E-state index is 5.51. The molecule has 3 heterocycles. The summed E-state index contributed by atoms with van der Waals surface area (Å²) >= 11 is 0. The standard InChI is InChI=1S/C19H26N4O2/c1-13-6-18-21-9-14(10-23(18)22-13)8-20-11-19(2,3)15-4-5-16-17(7-15)25-12-24-16/h4-7,14,20-21H,8-12H2,1-3H3/t14-/m1/s1. The van der Waals surface area contributed by atoms with E-state index in [1.165, 1.54) is 5.56 Å². The molecule has 1 aromatic heterocycles. The molecule has 0 saturated heterocycles. The van der Waals surface area contributed by atoms with Crippen LogP contribution in [-0.4, -0.2) is 36.2 Å². The summed E-state index contributed by atoms with van der Waals surface area (Å²) in [5.41, 5.74) is 2.35. The Kier molecular flexibility index (Phi) is 4.07. The van der Waals surface area contributed by atoms with Crippen LogP contribution in [0.15, 0.2) is 24.3 Å². The average Bonchev–Trinajstić information content (AvgIpc) is 3.18. The zero-order chi connectivity index (χ0) is 17.4. The van der Waals surface area contributed by atoms with E-state index in [0.717, 1.165) is 49.2 Å². The van der Waals surface area contributed by atoms with Crippen LogP contribution < -0.4 is 20.1 Å². The van der Waals surface area contributed by atoms with Crippen LogP contribution in [-0.2, 0) is 12.0 Å². The van der Waals surface area contributed by atoms with Crippen molar-refractivity contribution in [3.05, 3.63) is 35.5 Å². The topological polar surface area (TPSA) is 60.3 Å². The molecule has 2 N–H and O–H groups in total. The minimum absolute atomic E-state index is 0.0243. The lowest BCUT2D eigenvalue weighted by molar-refractivity contribution is 0.174. The smallest absolute Gasteiger partial charge is 0.231 e. The third-order valence-electron chi connectivity index (χ3n) is 5.06. The van der Waals surface area contributed by atoms with Gasteiger partial charge in [-0.15, -0.1) is 0 Å². The third-order valence-corrected chi connectivity index (χ3v) is 5.06. The van der Waals surface area contributed by atoms with Gasteiger partial charge in [0.15, 0.2) is 11.5 Å². The van der Waals surface area contributed by atoms with Gasteiger partial charge in [0.25, 0.3) is 0 Å². The monoisotopic (exact) mass is 342 g/mol. The van der Waals surface area contributed by atoms with Crippen LogP contribution in [0.5, 0.6) is 11.5 Å². The number of nitrogens with one attached hydrogen (secondary N) is 2. The zero-order valence-corrected chi connectivity index (χ0v) is 15.1. The van der Waals surface area contributed by atoms with Crippen molar-refractivity contribution in [2.24, 2.45) is 5.92 Å². The van der Waals surface area contributed by atoms with Crippen LogP contribution in [0.4, 0.5) is 5.82 Å². The molecule has 1 atom stereocenters. The Balaban J connectivity index is 1.33. The first-order chi connectivity index (χ1) is 12.0. The molecule has 0 radical (unpaired) electrons. The van der Waals surface area contributed by atoms with Gasteiger partial charge in [-0.25, -0.2) is 4.68 Å². The summed E-state index contributed by atoms with van der Waals surface area (Å²) in [6, 6.07) is 8.35. The highest BCUT2D eigenvalue weighted by Crippen LogP contribution is 2.36. The molecule has 25 heavy (non-hydrogen) atoms. The second kappa shape index (κ2) is 6.26. The van der Waals surface area contributed by atoms with Gasteiger partial charge in [-0.05, 0) is 24.6 Å². The first kappa shape index (κ1) is 16.3. The zero-order valence-electron chi connectivity index (χ0n) is 15.1. The fourth-order valence-electron chi connectivity index (χ4n) is 3.53. The lowest BCUT2D eigenvalue weighted by Gasteiger charge is -2.29. The van der Waals surface area contributed by atoms with Gasteiger partial charge in [0.1, 0.15) is 5.82 Å². The highest BCUT2D eigenvalue weighted by Gasteiger charge is 2.25. The van der Waals surface area contributed by atoms with E-state index in [2.05, 4.69) is 52.5 Å². The predicted octanol–water partition coefficient (Wildman–Crippen LogP) is 2.53. The second-order valence-electron chi connectivity index (χ2n) is 7.68. The summed E-state index contributed by atoms with van der Waals surface area (Å²) in [5.74, 6) is 3.36. The average molecular weight is 342 g/mol. The van der Waals surface area contributed by atoms with E-state index in [4.69, 9.17) is 9.47 Å². The van der Waals surface area contributed by atoms with E-state index < -0.39 is 0 Å². The van der Waals surface area contributed by atoms with E-state index in [9.17, 15) is 0 Å². The summed E-state index contributed by atoms with van der Waals surface area (Å²) in [6.45, 7) is 10.7. The highest BCUT2D eigenvalue weighted by molar-refractivity contribution is 5.46. The quantitative estimate of drug-likeness (QED) is 0.874. The van der Waals surface area contributed by atoms with Crippen LogP contribution in [0.2, 0.25) is 0 Å². The van der Waals surface area contributed by atoms with Crippen molar-refractivity contribution in [2.45, 2.75) is 32.7 Å². The molecular weight excluding hydrogens is 316 g/mol. The number of benzene rings is 1. The van der Waals surface area contributed by atoms with E-state index in [-0.39, 0.29) is 5.41 Å². The van der Waals surface area contributed by atoms with Crippen molar-refractivity contribution >= 4 is 5.82 Å². The number of rotatable bonds is 5. The van der Waals surface area contributed by atoms with E-state index >= 15 is 0 Å². The molecule has 0 unspecified atom stereocenters. The maximum atomic E-state index is 5.51. The maximum Gasteiger partial charge on any atom is 0.231 e. The van der Waals surface area contributed by atoms with E-state index in [1.54, 1.807) is 0 Å². The fourth-order valence-corrected chi connectivity index (χ4v) is 3.53. The Morgan fingerprint density at radius 3 is 3.00 bits per heavy atom. The van der Waals surface area contributed by atoms with Crippen molar-refractivity contribution in [1.29, 1.82) is 0 Å². The number of anilines is 1. The van der Waals surface area contributed by atoms with Crippen LogP contribution in [0.25, 0.3) is 0 Å². The van der Waals surface area contributed by atoms with Gasteiger partial charge in [-0.1, -0.05) is 19.9 Å². The summed E-state index contributed by atoms with van der Waals surface area (Å²) < 4.78 is 13.0. The molecule has 134 valence electrons. The summed E-state index contributed by atoms with van der Waals surface area (Å²) in [6.07, 6.45) is 0. The molecule has 2 aromatic rings. The van der Waals surface area contributed by atoms with Gasteiger partial charge in [0.2, 0.25) is 6.79 Å². The normalized spacial score (nSPS) is 18.8. The minimum atomic E-state index is 0.0243. The number of aromatic nitrogens is 2. The molecular formula is C19H26N4O2. The molecule has 6 nitrogen and oxygen atoms in total. The molecule has 0 fully saturated rings. The van der Waals surface area contributed by atoms with E-state index in [0.29, 0.717) is 12.7 Å². The first-order valence-corrected chi connectivity index (χ1v) is 8.90. The fraction of sp³-hybridized carbons (Fsp3) is 0.526. The Morgan fingerprint density at radius 1 is 1.28 bits per heavy atom. The lowest BCUT2D eigenvalue weighted by Crippen LogP contribution is -2.40. The molecule has 0 spiro atoms. The molecule has 4 rings (SSSR count). The lowest BCUT2D eigenvalue weighted by atomic mass is 9.84. The minimum Gasteiger partial charge on any atom is -0.454 e. The molecule has 2 aliphatic heterocycles. The van der Waals surface area contributed by atoms with Gasteiger partial charge in [0, 0.05) is 43.6 Å². The molecule has 2 aliphatic rings. The summed E-state index contributed by atoms with van der Waals surface area (Å²) in [4.78, 5) is 0. The van der Waals surface area contributed by atoms with Gasteiger partial charge in [-0.2, -0.15) is 5.10 Å². The van der Waals surface area contributed by atoms with Crippen molar-refractivity contribution in [1.82, 2.24) is 15.1 Å². The first-order valence-electron chi connectivity index (χ1n) is 8.90. The number of hydrogen-bond donors (Lipinski definition) is 2. The van der Waals surface area contributed by atoms with Crippen molar-refractivity contribution < 1.29 is 9.47 Å². The van der Waals surface area contributed by atoms with Crippen molar-refractivity contribution in [2.75, 3.05) is 31.7 Å². The highest BCUT2D eigenvalue weighted by atomic mass is 16.7. The van der Waals surface area contributed by atoms with Crippen molar-refractivity contribution in [3.8, 4) is 11.5 Å². The largest absolute Gasteiger partial charge is 0.454 e. The predicted molar refractivity (Wildman–Crippen MR) is 97.4 cm³/mol. The molecule has 6 heteroatoms. The third kappa shape index (κ3) is 3.31. The van der Waals surface area contributed by atoms with Crippen LogP contribution in [0.1, 0.15) is 25.1 Å². The van der Waals surface area contributed by atoms with Gasteiger partial charge >= 0.3 is 0 Å². The number of hydrogen-bond acceptors (Lipinski definition) is 5. The Bertz CT molecular complexity index is 769. The summed E-state index contributed by atoms with van der Waals surface area (Å²) in [5, 5.41) is 11.7. The molecule has 0 bridgehead atoms. The molecule has 0 amide bonds. The number of nitrogens with zero attached hydrogens (tertiary/aromatic N) is 2. The van der Waals surface area contributed by atoms with E-state index in [1.807, 2.05) is 13.0 Å². The Morgan fingerprint density at radius 2 is 2.12 bits per heavy atom. The van der Waals surface area contributed by atoms with Crippen molar-refractivity contribution in [3.63, 3.8) is 0 Å². The number of aryl methyl sites for hydroxylation is 1. The Hall–Kier alpha value is -2.21. The SMILES string of the molecule is Cc1cc2n(n1)C[C@H](CNCC(C)(C)c1ccc3c(c1)OCO3)CN2. The molecule has 1 aromatic carbocycles. The summed E-state index contributed by atoms with van der Waals surface area (Å²) in [7, 11) is 0. The number of ether oxygens (including phenoxy) is 2. The van der Waals surface area contributed by atoms with Gasteiger partial charge in [0.05, 0.1) is 5.69 Å². The molecule has 0 aliphatic carbocycles. The number of fused-ring (bicyclic) bond motifs is 2. The Labute approximate surface area is 148 Å². The van der Waals surface area contributed by atoms with Crippen LogP contribution in [0, 0.1) is 12.8 Å². The molecule has 0 saturated carbocycles. The van der Waals surface area contributed by atoms with Crippen LogP contribution >= 0.6 is 0 Å². The second-order valence-corrected chi connectivity index (χ2v) is 7.68.